The third-order valence-corrected chi connectivity index (χ3v) is 5.75. The van der Waals surface area contributed by atoms with Crippen LogP contribution in [0.2, 0.25) is 0 Å². The first-order chi connectivity index (χ1) is 9.80. The highest BCUT2D eigenvalue weighted by molar-refractivity contribution is 7.89. The fourth-order valence-electron chi connectivity index (χ4n) is 2.65. The number of nitrogens with zero attached hydrogens (tertiary/aromatic N) is 1. The van der Waals surface area contributed by atoms with Crippen LogP contribution in [0, 0.1) is 5.41 Å². The molecule has 0 amide bonds. The Hall–Kier alpha value is -1.11. The molecular formula is C15H24N2O3S. The van der Waals surface area contributed by atoms with Crippen LogP contribution >= 0.6 is 0 Å². The predicted octanol–water partition coefficient (Wildman–Crippen LogP) is 1.84. The molecule has 1 N–H and O–H groups in total. The molecule has 0 bridgehead atoms. The fourth-order valence-corrected chi connectivity index (χ4v) is 4.41. The summed E-state index contributed by atoms with van der Waals surface area (Å²) in [5.41, 5.74) is 1.03. The Balaban J connectivity index is 2.36. The average molecular weight is 312 g/mol. The minimum absolute atomic E-state index is 0.0341. The van der Waals surface area contributed by atoms with Crippen LogP contribution in [0.4, 0.5) is 0 Å². The van der Waals surface area contributed by atoms with Crippen LogP contribution in [-0.4, -0.2) is 40.0 Å². The minimum Gasteiger partial charge on any atom is -0.495 e. The summed E-state index contributed by atoms with van der Waals surface area (Å²) >= 11 is 0. The van der Waals surface area contributed by atoms with E-state index in [1.165, 1.54) is 7.11 Å². The molecule has 1 heterocycles. The van der Waals surface area contributed by atoms with Crippen molar-refractivity contribution in [2.24, 2.45) is 5.41 Å². The average Bonchev–Trinajstić information content (AvgIpc) is 2.80. The van der Waals surface area contributed by atoms with Crippen molar-refractivity contribution in [3.8, 4) is 5.75 Å². The molecule has 21 heavy (non-hydrogen) atoms. The van der Waals surface area contributed by atoms with Crippen molar-refractivity contribution in [3.63, 3.8) is 0 Å². The van der Waals surface area contributed by atoms with Gasteiger partial charge in [-0.1, -0.05) is 19.9 Å². The van der Waals surface area contributed by atoms with Gasteiger partial charge in [0, 0.05) is 19.6 Å². The molecule has 0 radical (unpaired) electrons. The van der Waals surface area contributed by atoms with E-state index in [0.29, 0.717) is 25.4 Å². The van der Waals surface area contributed by atoms with Gasteiger partial charge < -0.3 is 10.1 Å². The Morgan fingerprint density at radius 3 is 2.62 bits per heavy atom. The first-order valence-electron chi connectivity index (χ1n) is 7.12. The third-order valence-electron chi connectivity index (χ3n) is 3.87. The van der Waals surface area contributed by atoms with Crippen LogP contribution in [0.1, 0.15) is 25.8 Å². The molecule has 6 heteroatoms. The summed E-state index contributed by atoms with van der Waals surface area (Å²) in [4.78, 5) is 0.252. The van der Waals surface area contributed by atoms with Crippen LogP contribution in [0.15, 0.2) is 23.1 Å². The summed E-state index contributed by atoms with van der Waals surface area (Å²) in [5, 5.41) is 3.04. The summed E-state index contributed by atoms with van der Waals surface area (Å²) in [6.45, 7) is 5.98. The SMILES string of the molecule is CNCc1ccc(S(=O)(=O)N2CCC(C)(C)C2)c(OC)c1. The first kappa shape index (κ1) is 16.3. The van der Waals surface area contributed by atoms with E-state index >= 15 is 0 Å². The maximum atomic E-state index is 12.8. The lowest BCUT2D eigenvalue weighted by molar-refractivity contribution is 0.371. The molecule has 0 atom stereocenters. The van der Waals surface area contributed by atoms with Crippen LogP contribution < -0.4 is 10.1 Å². The van der Waals surface area contributed by atoms with Crippen molar-refractivity contribution >= 4 is 10.0 Å². The van der Waals surface area contributed by atoms with Gasteiger partial charge >= 0.3 is 0 Å². The van der Waals surface area contributed by atoms with Crippen LogP contribution in [0.25, 0.3) is 0 Å². The van der Waals surface area contributed by atoms with Crippen LogP contribution in [0.3, 0.4) is 0 Å². The van der Waals surface area contributed by atoms with E-state index in [0.717, 1.165) is 12.0 Å². The van der Waals surface area contributed by atoms with Crippen molar-refractivity contribution in [2.75, 3.05) is 27.2 Å². The van der Waals surface area contributed by atoms with Gasteiger partial charge in [0.2, 0.25) is 10.0 Å². The molecule has 1 aromatic rings. The molecule has 1 fully saturated rings. The van der Waals surface area contributed by atoms with Crippen molar-refractivity contribution in [1.82, 2.24) is 9.62 Å². The number of sulfonamides is 1. The van der Waals surface area contributed by atoms with E-state index < -0.39 is 10.0 Å². The third kappa shape index (κ3) is 3.39. The molecule has 0 spiro atoms. The number of benzene rings is 1. The molecule has 0 unspecified atom stereocenters. The molecule has 1 aliphatic rings. The van der Waals surface area contributed by atoms with E-state index in [4.69, 9.17) is 4.74 Å². The van der Waals surface area contributed by atoms with E-state index in [-0.39, 0.29) is 10.3 Å². The molecule has 2 rings (SSSR count). The van der Waals surface area contributed by atoms with E-state index in [2.05, 4.69) is 19.2 Å². The minimum atomic E-state index is -3.50. The van der Waals surface area contributed by atoms with E-state index in [1.54, 1.807) is 16.4 Å². The van der Waals surface area contributed by atoms with Gasteiger partial charge in [-0.25, -0.2) is 8.42 Å². The molecule has 0 aliphatic carbocycles. The van der Waals surface area contributed by atoms with Gasteiger partial charge in [0.05, 0.1) is 7.11 Å². The van der Waals surface area contributed by atoms with Gasteiger partial charge in [0.1, 0.15) is 10.6 Å². The zero-order valence-corrected chi connectivity index (χ0v) is 14.0. The van der Waals surface area contributed by atoms with Crippen LogP contribution in [0.5, 0.6) is 5.75 Å². The van der Waals surface area contributed by atoms with Gasteiger partial charge in [0.15, 0.2) is 0 Å². The Kier molecular flexibility index (Phi) is 4.60. The highest BCUT2D eigenvalue weighted by Gasteiger charge is 2.38. The maximum absolute atomic E-state index is 12.8. The van der Waals surface area contributed by atoms with Crippen molar-refractivity contribution in [1.29, 1.82) is 0 Å². The van der Waals surface area contributed by atoms with Crippen molar-refractivity contribution in [2.45, 2.75) is 31.7 Å². The van der Waals surface area contributed by atoms with Gasteiger partial charge in [-0.2, -0.15) is 4.31 Å². The molecule has 0 saturated carbocycles. The second kappa shape index (κ2) is 5.94. The smallest absolute Gasteiger partial charge is 0.246 e. The largest absolute Gasteiger partial charge is 0.495 e. The lowest BCUT2D eigenvalue weighted by Crippen LogP contribution is -2.30. The summed E-state index contributed by atoms with van der Waals surface area (Å²) in [6.07, 6.45) is 0.881. The zero-order valence-electron chi connectivity index (χ0n) is 13.1. The quantitative estimate of drug-likeness (QED) is 0.901. The summed E-state index contributed by atoms with van der Waals surface area (Å²) in [7, 11) is -0.140. The highest BCUT2D eigenvalue weighted by Crippen LogP contribution is 2.35. The van der Waals surface area contributed by atoms with Gasteiger partial charge in [-0.05, 0) is 36.6 Å². The zero-order chi connectivity index (χ0) is 15.7. The molecule has 118 valence electrons. The first-order valence-corrected chi connectivity index (χ1v) is 8.56. The molecule has 0 aromatic heterocycles. The number of hydrogen-bond acceptors (Lipinski definition) is 4. The molecule has 1 aliphatic heterocycles. The lowest BCUT2D eigenvalue weighted by atomic mass is 9.93. The van der Waals surface area contributed by atoms with Crippen molar-refractivity contribution in [3.05, 3.63) is 23.8 Å². The molecular weight excluding hydrogens is 288 g/mol. The summed E-state index contributed by atoms with van der Waals surface area (Å²) in [6, 6.07) is 5.25. The summed E-state index contributed by atoms with van der Waals surface area (Å²) in [5.74, 6) is 0.410. The Bertz CT molecular complexity index is 611. The summed E-state index contributed by atoms with van der Waals surface area (Å²) < 4.78 is 32.5. The highest BCUT2D eigenvalue weighted by atomic mass is 32.2. The van der Waals surface area contributed by atoms with Crippen molar-refractivity contribution < 1.29 is 13.2 Å². The molecule has 1 aromatic carbocycles. The van der Waals surface area contributed by atoms with Gasteiger partial charge in [-0.3, -0.25) is 0 Å². The fraction of sp³-hybridized carbons (Fsp3) is 0.600. The number of hydrogen-bond donors (Lipinski definition) is 1. The standard InChI is InChI=1S/C15H24N2O3S/c1-15(2)7-8-17(11-15)21(18,19)14-6-5-12(10-16-3)9-13(14)20-4/h5-6,9,16H,7-8,10-11H2,1-4H3. The van der Waals surface area contributed by atoms with Gasteiger partial charge in [-0.15, -0.1) is 0 Å². The predicted molar refractivity (Wildman–Crippen MR) is 82.9 cm³/mol. The monoisotopic (exact) mass is 312 g/mol. The topological polar surface area (TPSA) is 58.6 Å². The van der Waals surface area contributed by atoms with Gasteiger partial charge in [0.25, 0.3) is 0 Å². The molecule has 5 nitrogen and oxygen atoms in total. The second-order valence-electron chi connectivity index (χ2n) is 6.27. The van der Waals surface area contributed by atoms with E-state index in [9.17, 15) is 8.42 Å². The normalized spacial score (nSPS) is 18.9. The number of rotatable bonds is 5. The number of nitrogens with one attached hydrogen (secondary N) is 1. The Labute approximate surface area is 127 Å². The molecule has 1 saturated heterocycles. The lowest BCUT2D eigenvalue weighted by Gasteiger charge is -2.21. The number of ether oxygens (including phenoxy) is 1. The number of methoxy groups -OCH3 is 1. The second-order valence-corrected chi connectivity index (χ2v) is 8.17. The Morgan fingerprint density at radius 2 is 2.10 bits per heavy atom. The maximum Gasteiger partial charge on any atom is 0.246 e. The van der Waals surface area contributed by atoms with E-state index in [1.807, 2.05) is 13.1 Å². The Morgan fingerprint density at radius 1 is 1.38 bits per heavy atom. The van der Waals surface area contributed by atoms with Crippen LogP contribution in [-0.2, 0) is 16.6 Å².